The minimum atomic E-state index is -0.282. The van der Waals surface area contributed by atoms with E-state index in [0.29, 0.717) is 35.6 Å². The van der Waals surface area contributed by atoms with Crippen LogP contribution in [0.2, 0.25) is 0 Å². The lowest BCUT2D eigenvalue weighted by Crippen LogP contribution is -2.29. The van der Waals surface area contributed by atoms with Crippen LogP contribution in [-0.2, 0) is 0 Å². The second-order valence-electron chi connectivity index (χ2n) is 9.20. The quantitative estimate of drug-likeness (QED) is 0.269. The van der Waals surface area contributed by atoms with Crippen LogP contribution in [0.15, 0.2) is 66.2 Å². The molecule has 36 heavy (non-hydrogen) atoms. The van der Waals surface area contributed by atoms with Crippen molar-refractivity contribution < 1.29 is 14.7 Å². The molecular formula is C28H28N4O3S. The molecule has 0 aliphatic heterocycles. The van der Waals surface area contributed by atoms with E-state index in [1.54, 1.807) is 6.07 Å². The number of para-hydroxylation sites is 1. The summed E-state index contributed by atoms with van der Waals surface area (Å²) < 4.78 is 1.03. The van der Waals surface area contributed by atoms with E-state index in [-0.39, 0.29) is 23.8 Å². The van der Waals surface area contributed by atoms with Crippen LogP contribution in [0.4, 0.5) is 17.2 Å². The molecule has 2 heterocycles. The molecular weight excluding hydrogens is 472 g/mol. The fourth-order valence-electron chi connectivity index (χ4n) is 4.54. The first kappa shape index (κ1) is 24.0. The highest BCUT2D eigenvalue weighted by atomic mass is 32.1. The predicted octanol–water partition coefficient (Wildman–Crippen LogP) is 5.49. The first-order chi connectivity index (χ1) is 17.5. The highest BCUT2D eigenvalue weighted by molar-refractivity contribution is 7.17. The normalized spacial score (nSPS) is 17.2. The van der Waals surface area contributed by atoms with Gasteiger partial charge in [0.15, 0.2) is 5.82 Å². The molecule has 1 saturated carbocycles. The van der Waals surface area contributed by atoms with E-state index in [2.05, 4.69) is 20.9 Å². The minimum Gasteiger partial charge on any atom is -0.393 e. The van der Waals surface area contributed by atoms with E-state index in [9.17, 15) is 14.7 Å². The number of hydrogen-bond donors (Lipinski definition) is 4. The summed E-state index contributed by atoms with van der Waals surface area (Å²) in [6.07, 6.45) is 3.60. The van der Waals surface area contributed by atoms with Crippen molar-refractivity contribution in [1.82, 2.24) is 10.3 Å². The third kappa shape index (κ3) is 5.24. The molecule has 0 radical (unpaired) electrons. The Morgan fingerprint density at radius 3 is 2.67 bits per heavy atom. The maximum Gasteiger partial charge on any atom is 0.257 e. The molecule has 4 N–H and O–H groups in total. The van der Waals surface area contributed by atoms with Crippen molar-refractivity contribution >= 4 is 50.4 Å². The molecule has 1 aliphatic carbocycles. The molecule has 2 unspecified atom stereocenters. The number of hydrogen-bond acceptors (Lipinski definition) is 6. The highest BCUT2D eigenvalue weighted by Crippen LogP contribution is 2.30. The van der Waals surface area contributed by atoms with Crippen molar-refractivity contribution in [3.63, 3.8) is 0 Å². The fraction of sp³-hybridized carbons (Fsp3) is 0.250. The number of rotatable bonds is 7. The Morgan fingerprint density at radius 1 is 1.06 bits per heavy atom. The maximum atomic E-state index is 13.3. The molecule has 184 valence electrons. The zero-order valence-corrected chi connectivity index (χ0v) is 20.8. The van der Waals surface area contributed by atoms with E-state index < -0.39 is 0 Å². The van der Waals surface area contributed by atoms with Gasteiger partial charge < -0.3 is 21.1 Å². The van der Waals surface area contributed by atoms with Crippen LogP contribution in [0.1, 0.15) is 45.5 Å². The third-order valence-corrected chi connectivity index (χ3v) is 7.55. The molecule has 5 rings (SSSR count). The monoisotopic (exact) mass is 500 g/mol. The first-order valence-electron chi connectivity index (χ1n) is 12.0. The smallest absolute Gasteiger partial charge is 0.257 e. The Morgan fingerprint density at radius 2 is 1.86 bits per heavy atom. The van der Waals surface area contributed by atoms with Crippen LogP contribution in [0.3, 0.4) is 0 Å². The molecule has 0 spiro atoms. The highest BCUT2D eigenvalue weighted by Gasteiger charge is 2.23. The van der Waals surface area contributed by atoms with E-state index >= 15 is 0 Å². The van der Waals surface area contributed by atoms with Crippen molar-refractivity contribution in [2.45, 2.75) is 32.3 Å². The minimum absolute atomic E-state index is 0.261. The number of pyridine rings is 1. The molecule has 2 aromatic heterocycles. The van der Waals surface area contributed by atoms with Crippen LogP contribution in [0.5, 0.6) is 0 Å². The van der Waals surface area contributed by atoms with Gasteiger partial charge in [-0.2, -0.15) is 0 Å². The topological polar surface area (TPSA) is 103 Å². The van der Waals surface area contributed by atoms with Crippen molar-refractivity contribution in [1.29, 1.82) is 0 Å². The van der Waals surface area contributed by atoms with E-state index in [4.69, 9.17) is 0 Å². The van der Waals surface area contributed by atoms with Crippen molar-refractivity contribution in [2.24, 2.45) is 5.92 Å². The number of anilines is 3. The summed E-state index contributed by atoms with van der Waals surface area (Å²) in [7, 11) is 0. The summed E-state index contributed by atoms with van der Waals surface area (Å²) in [4.78, 5) is 30.7. The van der Waals surface area contributed by atoms with Crippen molar-refractivity contribution in [3.05, 3.63) is 82.9 Å². The van der Waals surface area contributed by atoms with E-state index in [0.717, 1.165) is 34.2 Å². The summed E-state index contributed by atoms with van der Waals surface area (Å²) in [5.41, 5.74) is 3.24. The van der Waals surface area contributed by atoms with Gasteiger partial charge in [-0.05, 0) is 55.9 Å². The zero-order valence-electron chi connectivity index (χ0n) is 20.0. The predicted molar refractivity (Wildman–Crippen MR) is 144 cm³/mol. The molecule has 4 aromatic rings. The van der Waals surface area contributed by atoms with Crippen molar-refractivity contribution in [2.75, 3.05) is 17.2 Å². The average molecular weight is 501 g/mol. The SMILES string of the molecule is Cc1ccccc1Nc1ncc(C(=O)NCC2CCC(O)C2)cc1NC(=O)c1csc2ccccc12. The summed E-state index contributed by atoms with van der Waals surface area (Å²) in [5, 5.41) is 21.7. The molecule has 1 fully saturated rings. The van der Waals surface area contributed by atoms with Crippen LogP contribution in [0, 0.1) is 12.8 Å². The molecule has 2 amide bonds. The number of amides is 2. The lowest BCUT2D eigenvalue weighted by molar-refractivity contribution is 0.0943. The number of nitrogens with zero attached hydrogens (tertiary/aromatic N) is 1. The van der Waals surface area contributed by atoms with Gasteiger partial charge in [-0.25, -0.2) is 4.98 Å². The molecule has 1 aliphatic rings. The Hall–Kier alpha value is -3.75. The van der Waals surface area contributed by atoms with Crippen LogP contribution >= 0.6 is 11.3 Å². The van der Waals surface area contributed by atoms with Gasteiger partial charge in [0.05, 0.1) is 22.9 Å². The molecule has 0 saturated heterocycles. The Bertz CT molecular complexity index is 1420. The number of carbonyl (C=O) groups is 2. The zero-order chi connectivity index (χ0) is 25.1. The lowest BCUT2D eigenvalue weighted by atomic mass is 10.1. The summed E-state index contributed by atoms with van der Waals surface area (Å²) in [6.45, 7) is 2.49. The number of aliphatic hydroxyl groups excluding tert-OH is 1. The number of thiophene rings is 1. The van der Waals surface area contributed by atoms with Crippen LogP contribution in [-0.4, -0.2) is 34.6 Å². The number of aromatic nitrogens is 1. The van der Waals surface area contributed by atoms with Gasteiger partial charge in [-0.1, -0.05) is 36.4 Å². The first-order valence-corrected chi connectivity index (χ1v) is 12.9. The van der Waals surface area contributed by atoms with Crippen LogP contribution in [0.25, 0.3) is 10.1 Å². The van der Waals surface area contributed by atoms with Crippen LogP contribution < -0.4 is 16.0 Å². The van der Waals surface area contributed by atoms with Gasteiger partial charge in [0.25, 0.3) is 11.8 Å². The second kappa shape index (κ2) is 10.5. The van der Waals surface area contributed by atoms with Gasteiger partial charge in [-0.15, -0.1) is 11.3 Å². The fourth-order valence-corrected chi connectivity index (χ4v) is 5.48. The molecule has 2 aromatic carbocycles. The number of benzene rings is 2. The number of fused-ring (bicyclic) bond motifs is 1. The molecule has 0 bridgehead atoms. The molecule has 8 heteroatoms. The number of nitrogens with one attached hydrogen (secondary N) is 3. The summed E-state index contributed by atoms with van der Waals surface area (Å²) >= 11 is 1.51. The van der Waals surface area contributed by atoms with E-state index in [1.165, 1.54) is 17.5 Å². The lowest BCUT2D eigenvalue weighted by Gasteiger charge is -2.16. The largest absolute Gasteiger partial charge is 0.393 e. The number of aryl methyl sites for hydroxylation is 1. The number of aliphatic hydroxyl groups is 1. The summed E-state index contributed by atoms with van der Waals surface area (Å²) in [5.74, 6) is 0.194. The Kier molecular flexibility index (Phi) is 6.97. The second-order valence-corrected chi connectivity index (χ2v) is 10.1. The van der Waals surface area contributed by atoms with Gasteiger partial charge in [0.1, 0.15) is 0 Å². The average Bonchev–Trinajstić information content (AvgIpc) is 3.51. The molecule has 7 nitrogen and oxygen atoms in total. The van der Waals surface area contributed by atoms with Crippen molar-refractivity contribution in [3.8, 4) is 0 Å². The third-order valence-electron chi connectivity index (χ3n) is 6.59. The standard InChI is InChI=1S/C28H28N4O3S/c1-17-6-2-4-8-23(17)31-26-24(32-28(35)22-16-36-25-9-5-3-7-21(22)25)13-19(15-29-26)27(34)30-14-18-10-11-20(33)12-18/h2-9,13,15-16,18,20,33H,10-12,14H2,1H3,(H,29,31)(H,30,34)(H,32,35). The molecule has 2 atom stereocenters. The van der Waals surface area contributed by atoms with Gasteiger partial charge in [-0.3, -0.25) is 9.59 Å². The van der Waals surface area contributed by atoms with E-state index in [1.807, 2.05) is 60.8 Å². The van der Waals surface area contributed by atoms with Gasteiger partial charge in [0.2, 0.25) is 0 Å². The Balaban J connectivity index is 1.41. The number of carbonyl (C=O) groups excluding carboxylic acids is 2. The van der Waals surface area contributed by atoms with Gasteiger partial charge in [0, 0.05) is 33.9 Å². The Labute approximate surface area is 213 Å². The van der Waals surface area contributed by atoms with Gasteiger partial charge >= 0.3 is 0 Å². The summed E-state index contributed by atoms with van der Waals surface area (Å²) in [6, 6.07) is 17.2. The maximum absolute atomic E-state index is 13.3.